The van der Waals surface area contributed by atoms with E-state index >= 15 is 0 Å². The van der Waals surface area contributed by atoms with Crippen molar-refractivity contribution in [1.29, 1.82) is 0 Å². The van der Waals surface area contributed by atoms with Gasteiger partial charge in [0.25, 0.3) is 5.91 Å². The maximum absolute atomic E-state index is 14.4. The first-order valence-corrected chi connectivity index (χ1v) is 14.1. The molecule has 0 aliphatic carbocycles. The minimum absolute atomic E-state index is 0.0775. The first-order chi connectivity index (χ1) is 19.7. The van der Waals surface area contributed by atoms with Crippen LogP contribution in [0.3, 0.4) is 0 Å². The molecule has 0 bridgehead atoms. The van der Waals surface area contributed by atoms with Gasteiger partial charge in [0.05, 0.1) is 26.3 Å². The van der Waals surface area contributed by atoms with E-state index in [1.165, 1.54) is 5.56 Å². The number of benzene rings is 5. The van der Waals surface area contributed by atoms with Crippen molar-refractivity contribution in [2.45, 2.75) is 17.2 Å². The molecule has 0 saturated carbocycles. The van der Waals surface area contributed by atoms with Crippen molar-refractivity contribution in [2.75, 3.05) is 19.1 Å². The molecule has 40 heavy (non-hydrogen) atoms. The number of anilines is 1. The van der Waals surface area contributed by atoms with E-state index in [1.807, 2.05) is 95.9 Å². The highest BCUT2D eigenvalue weighted by molar-refractivity contribution is 7.98. The van der Waals surface area contributed by atoms with Crippen molar-refractivity contribution in [1.82, 2.24) is 0 Å². The highest BCUT2D eigenvalue weighted by Gasteiger charge is 2.23. The van der Waals surface area contributed by atoms with Crippen LogP contribution in [0.1, 0.15) is 21.5 Å². The summed E-state index contributed by atoms with van der Waals surface area (Å²) in [4.78, 5) is 17.2. The van der Waals surface area contributed by atoms with E-state index in [9.17, 15) is 4.79 Å². The molecule has 0 atom stereocenters. The molecule has 5 aromatic rings. The summed E-state index contributed by atoms with van der Waals surface area (Å²) >= 11 is 1.67. The van der Waals surface area contributed by atoms with Crippen LogP contribution in [-0.2, 0) is 12.3 Å². The Morgan fingerprint density at radius 2 is 1.35 bits per heavy atom. The van der Waals surface area contributed by atoms with Gasteiger partial charge in [0.15, 0.2) is 11.5 Å². The first-order valence-electron chi connectivity index (χ1n) is 13.1. The van der Waals surface area contributed by atoms with E-state index in [-0.39, 0.29) is 5.91 Å². The van der Waals surface area contributed by atoms with Gasteiger partial charge in [-0.05, 0) is 46.5 Å². The maximum Gasteiger partial charge on any atom is 0.259 e. The van der Waals surface area contributed by atoms with Crippen molar-refractivity contribution >= 4 is 23.4 Å². The molecule has 0 fully saturated rings. The largest absolute Gasteiger partial charge is 0.493 e. The molecule has 0 aliphatic heterocycles. The lowest BCUT2D eigenvalue weighted by atomic mass is 9.99. The maximum atomic E-state index is 14.4. The van der Waals surface area contributed by atoms with Crippen molar-refractivity contribution in [3.63, 3.8) is 0 Å². The molecular weight excluding hydrogens is 514 g/mol. The molecule has 200 valence electrons. The lowest BCUT2D eigenvalue weighted by molar-refractivity contribution is 0.0982. The monoisotopic (exact) mass is 545 g/mol. The van der Waals surface area contributed by atoms with Crippen LogP contribution in [0.15, 0.2) is 132 Å². The van der Waals surface area contributed by atoms with Gasteiger partial charge in [-0.25, -0.2) is 0 Å². The van der Waals surface area contributed by atoms with Gasteiger partial charge in [0, 0.05) is 22.4 Å². The fourth-order valence-corrected chi connectivity index (χ4v) is 5.65. The van der Waals surface area contributed by atoms with Crippen LogP contribution in [0, 0.1) is 0 Å². The molecule has 0 radical (unpaired) electrons. The Hall–Kier alpha value is -4.48. The van der Waals surface area contributed by atoms with Crippen LogP contribution in [-0.4, -0.2) is 20.1 Å². The lowest BCUT2D eigenvalue weighted by Crippen LogP contribution is -2.31. The van der Waals surface area contributed by atoms with Crippen LogP contribution in [0.4, 0.5) is 5.69 Å². The van der Waals surface area contributed by atoms with E-state index in [0.717, 1.165) is 33.0 Å². The molecular formula is C35H31NO3S. The first kappa shape index (κ1) is 27.1. The Labute approximate surface area is 240 Å². The van der Waals surface area contributed by atoms with Gasteiger partial charge in [0.2, 0.25) is 0 Å². The number of methoxy groups -OCH3 is 2. The summed E-state index contributed by atoms with van der Waals surface area (Å²) in [6, 6.07) is 42.2. The molecule has 0 aliphatic rings. The molecule has 5 rings (SSSR count). The number of hydrogen-bond acceptors (Lipinski definition) is 4. The smallest absolute Gasteiger partial charge is 0.259 e. The summed E-state index contributed by atoms with van der Waals surface area (Å²) in [6.07, 6.45) is 0. The molecule has 5 aromatic carbocycles. The third-order valence-electron chi connectivity index (χ3n) is 6.71. The topological polar surface area (TPSA) is 38.8 Å². The average Bonchev–Trinajstić information content (AvgIpc) is 3.03. The van der Waals surface area contributed by atoms with Gasteiger partial charge in [-0.3, -0.25) is 4.79 Å². The van der Waals surface area contributed by atoms with E-state index in [0.29, 0.717) is 23.6 Å². The average molecular weight is 546 g/mol. The predicted molar refractivity (Wildman–Crippen MR) is 164 cm³/mol. The summed E-state index contributed by atoms with van der Waals surface area (Å²) in [5.41, 5.74) is 5.85. The second kappa shape index (κ2) is 13.0. The van der Waals surface area contributed by atoms with Crippen molar-refractivity contribution in [3.05, 3.63) is 144 Å². The number of rotatable bonds is 10. The summed E-state index contributed by atoms with van der Waals surface area (Å²) in [7, 11) is 3.21. The normalized spacial score (nSPS) is 10.7. The number of thioether (sulfide) groups is 1. The van der Waals surface area contributed by atoms with Gasteiger partial charge >= 0.3 is 0 Å². The van der Waals surface area contributed by atoms with Gasteiger partial charge in [0.1, 0.15) is 0 Å². The predicted octanol–water partition coefficient (Wildman–Crippen LogP) is 8.51. The summed E-state index contributed by atoms with van der Waals surface area (Å²) in [5.74, 6) is 1.88. The molecule has 0 N–H and O–H groups in total. The Kier molecular flexibility index (Phi) is 8.84. The number of ether oxygens (including phenoxy) is 2. The molecule has 4 nitrogen and oxygen atoms in total. The number of hydrogen-bond donors (Lipinski definition) is 0. The van der Waals surface area contributed by atoms with E-state index in [1.54, 1.807) is 26.0 Å². The zero-order valence-corrected chi connectivity index (χ0v) is 23.4. The Bertz CT molecular complexity index is 1570. The Balaban J connectivity index is 1.55. The van der Waals surface area contributed by atoms with E-state index < -0.39 is 0 Å². The van der Waals surface area contributed by atoms with Crippen molar-refractivity contribution in [3.8, 4) is 22.6 Å². The second-order valence-corrected chi connectivity index (χ2v) is 10.2. The zero-order chi connectivity index (χ0) is 27.7. The standard InChI is InChI=1S/C35H31NO3S/c1-38-32-22-21-29(23-33(32)39-2)36(24-28-17-9-10-18-30(28)27-15-7-4-8-16-27)35(37)31-19-11-12-20-34(31)40-25-26-13-5-3-6-14-26/h3-23H,24-25H2,1-2H3. The number of nitrogens with zero attached hydrogens (tertiary/aromatic N) is 1. The molecule has 0 heterocycles. The van der Waals surface area contributed by atoms with Crippen LogP contribution < -0.4 is 14.4 Å². The molecule has 1 amide bonds. The fourth-order valence-electron chi connectivity index (χ4n) is 4.65. The quantitative estimate of drug-likeness (QED) is 0.165. The minimum Gasteiger partial charge on any atom is -0.493 e. The van der Waals surface area contributed by atoms with Crippen molar-refractivity contribution < 1.29 is 14.3 Å². The van der Waals surface area contributed by atoms with Crippen LogP contribution in [0.2, 0.25) is 0 Å². The Morgan fingerprint density at radius 1 is 0.700 bits per heavy atom. The number of carbonyl (C=O) groups is 1. The van der Waals surface area contributed by atoms with Crippen LogP contribution in [0.25, 0.3) is 11.1 Å². The zero-order valence-electron chi connectivity index (χ0n) is 22.6. The molecule has 5 heteroatoms. The van der Waals surface area contributed by atoms with Gasteiger partial charge in [-0.2, -0.15) is 0 Å². The molecule has 0 aromatic heterocycles. The molecule has 0 spiro atoms. The highest BCUT2D eigenvalue weighted by atomic mass is 32.2. The third-order valence-corrected chi connectivity index (χ3v) is 7.85. The van der Waals surface area contributed by atoms with Crippen LogP contribution in [0.5, 0.6) is 11.5 Å². The van der Waals surface area contributed by atoms with Gasteiger partial charge < -0.3 is 14.4 Å². The lowest BCUT2D eigenvalue weighted by Gasteiger charge is -2.26. The number of carbonyl (C=O) groups excluding carboxylic acids is 1. The van der Waals surface area contributed by atoms with Crippen LogP contribution >= 0.6 is 11.8 Å². The van der Waals surface area contributed by atoms with Gasteiger partial charge in [-0.1, -0.05) is 97.1 Å². The SMILES string of the molecule is COc1ccc(N(Cc2ccccc2-c2ccccc2)C(=O)c2ccccc2SCc2ccccc2)cc1OC. The van der Waals surface area contributed by atoms with Crippen molar-refractivity contribution in [2.24, 2.45) is 0 Å². The summed E-state index contributed by atoms with van der Waals surface area (Å²) in [5, 5.41) is 0. The second-order valence-electron chi connectivity index (χ2n) is 9.22. The summed E-state index contributed by atoms with van der Waals surface area (Å²) < 4.78 is 11.1. The molecule has 0 saturated heterocycles. The summed E-state index contributed by atoms with van der Waals surface area (Å²) in [6.45, 7) is 0.386. The fraction of sp³-hybridized carbons (Fsp3) is 0.114. The highest BCUT2D eigenvalue weighted by Crippen LogP contribution is 2.35. The van der Waals surface area contributed by atoms with E-state index in [2.05, 4.69) is 36.4 Å². The number of amides is 1. The van der Waals surface area contributed by atoms with E-state index in [4.69, 9.17) is 9.47 Å². The third kappa shape index (κ3) is 6.22. The Morgan fingerprint density at radius 3 is 2.10 bits per heavy atom. The minimum atomic E-state index is -0.0775. The molecule has 0 unspecified atom stereocenters. The van der Waals surface area contributed by atoms with Gasteiger partial charge in [-0.15, -0.1) is 11.8 Å².